The van der Waals surface area contributed by atoms with Crippen molar-refractivity contribution in [3.05, 3.63) is 28.5 Å². The lowest BCUT2D eigenvalue weighted by Gasteiger charge is -2.08. The molecule has 1 saturated heterocycles. The number of carbonyl (C=O) groups is 1. The lowest BCUT2D eigenvalue weighted by atomic mass is 10.1. The van der Waals surface area contributed by atoms with E-state index in [0.29, 0.717) is 12.1 Å². The molecule has 0 N–H and O–H groups in total. The van der Waals surface area contributed by atoms with Crippen LogP contribution in [0.1, 0.15) is 36.2 Å². The minimum Gasteiger partial charge on any atom is -0.378 e. The van der Waals surface area contributed by atoms with E-state index in [1.54, 1.807) is 12.3 Å². The summed E-state index contributed by atoms with van der Waals surface area (Å²) in [4.78, 5) is 16.0. The van der Waals surface area contributed by atoms with Gasteiger partial charge in [0.15, 0.2) is 5.78 Å². The van der Waals surface area contributed by atoms with E-state index in [9.17, 15) is 4.79 Å². The van der Waals surface area contributed by atoms with E-state index in [-0.39, 0.29) is 11.9 Å². The minimum atomic E-state index is 0.0861. The van der Waals surface area contributed by atoms with Crippen LogP contribution in [0, 0.1) is 0 Å². The minimum absolute atomic E-state index is 0.0861. The predicted molar refractivity (Wildman–Crippen MR) is 64.5 cm³/mol. The highest BCUT2D eigenvalue weighted by molar-refractivity contribution is 9.10. The van der Waals surface area contributed by atoms with Crippen LogP contribution >= 0.6 is 15.9 Å². The fourth-order valence-electron chi connectivity index (χ4n) is 1.87. The second-order valence-corrected chi connectivity index (χ2v) is 4.79. The highest BCUT2D eigenvalue weighted by Gasteiger charge is 2.18. The lowest BCUT2D eigenvalue weighted by Crippen LogP contribution is -2.10. The molecule has 2 rings (SSSR count). The van der Waals surface area contributed by atoms with Crippen LogP contribution in [0.4, 0.5) is 0 Å². The molecule has 0 radical (unpaired) electrons. The maximum Gasteiger partial charge on any atom is 0.182 e. The van der Waals surface area contributed by atoms with Gasteiger partial charge in [0.05, 0.1) is 6.10 Å². The van der Waals surface area contributed by atoms with Gasteiger partial charge in [0.2, 0.25) is 0 Å². The molecule has 3 nitrogen and oxygen atoms in total. The molecule has 16 heavy (non-hydrogen) atoms. The van der Waals surface area contributed by atoms with E-state index in [4.69, 9.17) is 4.74 Å². The van der Waals surface area contributed by atoms with Gasteiger partial charge >= 0.3 is 0 Å². The number of carbonyl (C=O) groups excluding carboxylic acids is 1. The highest BCUT2D eigenvalue weighted by Crippen LogP contribution is 2.20. The van der Waals surface area contributed by atoms with Crippen LogP contribution < -0.4 is 0 Å². The summed E-state index contributed by atoms with van der Waals surface area (Å²) in [5.41, 5.74) is 0.528. The largest absolute Gasteiger partial charge is 0.378 e. The van der Waals surface area contributed by atoms with E-state index >= 15 is 0 Å². The summed E-state index contributed by atoms with van der Waals surface area (Å²) in [5, 5.41) is 0. The average Bonchev–Trinajstić information content (AvgIpc) is 2.79. The predicted octanol–water partition coefficient (Wildman–Crippen LogP) is 2.99. The molecule has 1 aromatic rings. The standard InChI is InChI=1S/C12H14BrNO2/c13-10-4-1-7-14-12(10)11(15)6-5-9-3-2-8-16-9/h1,4,7,9H,2-3,5-6,8H2. The maximum absolute atomic E-state index is 11.9. The van der Waals surface area contributed by atoms with Gasteiger partial charge in [-0.05, 0) is 47.3 Å². The second-order valence-electron chi connectivity index (χ2n) is 3.93. The van der Waals surface area contributed by atoms with Gasteiger partial charge in [0, 0.05) is 23.7 Å². The molecule has 86 valence electrons. The summed E-state index contributed by atoms with van der Waals surface area (Å²) in [6.07, 6.45) is 5.43. The third-order valence-corrected chi connectivity index (χ3v) is 3.38. The maximum atomic E-state index is 11.9. The molecule has 0 saturated carbocycles. The monoisotopic (exact) mass is 283 g/mol. The van der Waals surface area contributed by atoms with Crippen molar-refractivity contribution < 1.29 is 9.53 Å². The molecule has 1 fully saturated rings. The zero-order valence-electron chi connectivity index (χ0n) is 8.99. The zero-order chi connectivity index (χ0) is 11.4. The molecule has 1 aliphatic rings. The smallest absolute Gasteiger partial charge is 0.182 e. The van der Waals surface area contributed by atoms with E-state index < -0.39 is 0 Å². The third kappa shape index (κ3) is 2.89. The van der Waals surface area contributed by atoms with Crippen LogP contribution in [-0.2, 0) is 4.74 Å². The quantitative estimate of drug-likeness (QED) is 0.798. The van der Waals surface area contributed by atoms with Crippen LogP contribution in [0.3, 0.4) is 0 Å². The molecule has 4 heteroatoms. The summed E-state index contributed by atoms with van der Waals surface area (Å²) < 4.78 is 6.26. The first-order chi connectivity index (χ1) is 7.77. The van der Waals surface area contributed by atoms with Crippen molar-refractivity contribution in [1.29, 1.82) is 0 Å². The number of nitrogens with zero attached hydrogens (tertiary/aromatic N) is 1. The lowest BCUT2D eigenvalue weighted by molar-refractivity contribution is 0.0855. The third-order valence-electron chi connectivity index (χ3n) is 2.74. The van der Waals surface area contributed by atoms with Crippen LogP contribution in [0.5, 0.6) is 0 Å². The first-order valence-electron chi connectivity index (χ1n) is 5.52. The van der Waals surface area contributed by atoms with E-state index in [2.05, 4.69) is 20.9 Å². The number of halogens is 1. The second kappa shape index (κ2) is 5.55. The van der Waals surface area contributed by atoms with Crippen molar-refractivity contribution in [3.8, 4) is 0 Å². The molecule has 1 atom stereocenters. The van der Waals surface area contributed by atoms with Gasteiger partial charge in [-0.1, -0.05) is 0 Å². The van der Waals surface area contributed by atoms with Gasteiger partial charge in [0.1, 0.15) is 5.69 Å². The topological polar surface area (TPSA) is 39.2 Å². The van der Waals surface area contributed by atoms with Crippen LogP contribution in [-0.4, -0.2) is 23.5 Å². The number of Topliss-reactive ketones (excluding diaryl/α,β-unsaturated/α-hetero) is 1. The number of hydrogen-bond acceptors (Lipinski definition) is 3. The highest BCUT2D eigenvalue weighted by atomic mass is 79.9. The molecule has 0 spiro atoms. The number of pyridine rings is 1. The Morgan fingerprint density at radius 1 is 1.62 bits per heavy atom. The van der Waals surface area contributed by atoms with Crippen molar-refractivity contribution in [2.24, 2.45) is 0 Å². The number of hydrogen-bond donors (Lipinski definition) is 0. The van der Waals surface area contributed by atoms with Crippen molar-refractivity contribution in [3.63, 3.8) is 0 Å². The molecule has 0 bridgehead atoms. The Kier molecular flexibility index (Phi) is 4.07. The summed E-state index contributed by atoms with van der Waals surface area (Å²) >= 11 is 3.34. The molecular formula is C12H14BrNO2. The molecule has 0 aromatic carbocycles. The van der Waals surface area contributed by atoms with Crippen LogP contribution in [0.15, 0.2) is 22.8 Å². The molecule has 1 aromatic heterocycles. The van der Waals surface area contributed by atoms with E-state index in [1.165, 1.54) is 0 Å². The Morgan fingerprint density at radius 2 is 2.50 bits per heavy atom. The fraction of sp³-hybridized carbons (Fsp3) is 0.500. The average molecular weight is 284 g/mol. The van der Waals surface area contributed by atoms with Gasteiger partial charge in [-0.25, -0.2) is 0 Å². The Labute approximate surface area is 103 Å². The summed E-state index contributed by atoms with van der Waals surface area (Å²) in [6, 6.07) is 3.65. The van der Waals surface area contributed by atoms with Crippen LogP contribution in [0.25, 0.3) is 0 Å². The van der Waals surface area contributed by atoms with Gasteiger partial charge in [-0.2, -0.15) is 0 Å². The van der Waals surface area contributed by atoms with Crippen LogP contribution in [0.2, 0.25) is 0 Å². The van der Waals surface area contributed by atoms with E-state index in [1.807, 2.05) is 6.07 Å². The van der Waals surface area contributed by atoms with Gasteiger partial charge in [0.25, 0.3) is 0 Å². The van der Waals surface area contributed by atoms with Gasteiger partial charge in [-0.3, -0.25) is 9.78 Å². The van der Waals surface area contributed by atoms with Gasteiger partial charge < -0.3 is 4.74 Å². The van der Waals surface area contributed by atoms with Crippen molar-refractivity contribution in [2.75, 3.05) is 6.61 Å². The first-order valence-corrected chi connectivity index (χ1v) is 6.32. The molecule has 1 aliphatic heterocycles. The molecule has 0 amide bonds. The Balaban J connectivity index is 1.90. The fourth-order valence-corrected chi connectivity index (χ4v) is 2.35. The molecule has 0 aliphatic carbocycles. The Hall–Kier alpha value is -0.740. The Morgan fingerprint density at radius 3 is 3.19 bits per heavy atom. The number of ketones is 1. The number of ether oxygens (including phenoxy) is 1. The summed E-state index contributed by atoms with van der Waals surface area (Å²) in [7, 11) is 0. The van der Waals surface area contributed by atoms with Crippen molar-refractivity contribution in [1.82, 2.24) is 4.98 Å². The van der Waals surface area contributed by atoms with Crippen molar-refractivity contribution in [2.45, 2.75) is 31.8 Å². The van der Waals surface area contributed by atoms with Crippen molar-refractivity contribution >= 4 is 21.7 Å². The SMILES string of the molecule is O=C(CCC1CCCO1)c1ncccc1Br. The normalized spacial score (nSPS) is 19.9. The molecule has 1 unspecified atom stereocenters. The van der Waals surface area contributed by atoms with E-state index in [0.717, 1.165) is 30.3 Å². The number of rotatable bonds is 4. The summed E-state index contributed by atoms with van der Waals surface area (Å²) in [5.74, 6) is 0.0861. The summed E-state index contributed by atoms with van der Waals surface area (Å²) in [6.45, 7) is 0.839. The Bertz CT molecular complexity index is 375. The number of aromatic nitrogens is 1. The van der Waals surface area contributed by atoms with Gasteiger partial charge in [-0.15, -0.1) is 0 Å². The zero-order valence-corrected chi connectivity index (χ0v) is 10.6. The molecule has 2 heterocycles. The molecular weight excluding hydrogens is 270 g/mol. The first kappa shape index (κ1) is 11.7.